The average Bonchev–Trinajstić information content (AvgIpc) is 3.11. The molecule has 0 radical (unpaired) electrons. The van der Waals surface area contributed by atoms with Crippen molar-refractivity contribution in [3.05, 3.63) is 24.0 Å². The number of nitrogens with zero attached hydrogens (tertiary/aromatic N) is 2. The number of pyridine rings is 1. The second-order valence-electron chi connectivity index (χ2n) is 4.46. The van der Waals surface area contributed by atoms with Crippen molar-refractivity contribution >= 4 is 11.6 Å². The van der Waals surface area contributed by atoms with E-state index in [0.29, 0.717) is 17.2 Å². The van der Waals surface area contributed by atoms with Gasteiger partial charge in [0.2, 0.25) is 0 Å². The Morgan fingerprint density at radius 2 is 2.31 bits per heavy atom. The number of aromatic nitrogens is 1. The molecule has 1 aromatic rings. The number of rotatable bonds is 3. The topological polar surface area (TPSA) is 59.2 Å². The summed E-state index contributed by atoms with van der Waals surface area (Å²) in [4.78, 5) is 17.9. The molecule has 1 aliphatic carbocycles. The molecule has 1 aromatic heterocycles. The summed E-state index contributed by atoms with van der Waals surface area (Å²) in [6.07, 6.45) is 5.58. The number of hydrogen-bond acceptors (Lipinski definition) is 3. The first-order valence-corrected chi connectivity index (χ1v) is 5.58. The van der Waals surface area contributed by atoms with Crippen LogP contribution in [0.1, 0.15) is 30.1 Å². The molecular formula is C12H17N3O. The van der Waals surface area contributed by atoms with Gasteiger partial charge in [-0.05, 0) is 31.7 Å². The Balaban J connectivity index is 2.15. The minimum absolute atomic E-state index is 0.0370. The van der Waals surface area contributed by atoms with E-state index in [4.69, 9.17) is 5.73 Å². The molecule has 1 saturated carbocycles. The van der Waals surface area contributed by atoms with Crippen molar-refractivity contribution in [1.29, 1.82) is 0 Å². The molecule has 1 atom stereocenters. The quantitative estimate of drug-likeness (QED) is 0.838. The van der Waals surface area contributed by atoms with Gasteiger partial charge in [0.15, 0.2) is 0 Å². The van der Waals surface area contributed by atoms with Crippen LogP contribution in [0.3, 0.4) is 0 Å². The molecule has 4 nitrogen and oxygen atoms in total. The van der Waals surface area contributed by atoms with Crippen molar-refractivity contribution in [1.82, 2.24) is 9.88 Å². The van der Waals surface area contributed by atoms with Crippen LogP contribution in [0.4, 0.5) is 5.69 Å². The molecule has 0 saturated heterocycles. The van der Waals surface area contributed by atoms with Gasteiger partial charge in [0.05, 0.1) is 5.56 Å². The van der Waals surface area contributed by atoms with Gasteiger partial charge >= 0.3 is 0 Å². The Morgan fingerprint density at radius 3 is 2.88 bits per heavy atom. The first-order valence-electron chi connectivity index (χ1n) is 5.58. The highest BCUT2D eigenvalue weighted by atomic mass is 16.2. The van der Waals surface area contributed by atoms with E-state index in [1.54, 1.807) is 17.2 Å². The molecule has 1 fully saturated rings. The van der Waals surface area contributed by atoms with Gasteiger partial charge in [-0.25, -0.2) is 0 Å². The van der Waals surface area contributed by atoms with Crippen LogP contribution >= 0.6 is 0 Å². The lowest BCUT2D eigenvalue weighted by Gasteiger charge is -2.25. The number of carbonyl (C=O) groups is 1. The van der Waals surface area contributed by atoms with Crippen LogP contribution in [0.25, 0.3) is 0 Å². The summed E-state index contributed by atoms with van der Waals surface area (Å²) in [5.74, 6) is 0.622. The Labute approximate surface area is 95.5 Å². The number of anilines is 1. The third-order valence-corrected chi connectivity index (χ3v) is 3.32. The van der Waals surface area contributed by atoms with Gasteiger partial charge in [0, 0.05) is 31.2 Å². The Morgan fingerprint density at radius 1 is 1.62 bits per heavy atom. The van der Waals surface area contributed by atoms with Crippen LogP contribution < -0.4 is 5.73 Å². The molecular weight excluding hydrogens is 202 g/mol. The minimum Gasteiger partial charge on any atom is -0.398 e. The van der Waals surface area contributed by atoms with E-state index in [0.717, 1.165) is 0 Å². The molecule has 2 N–H and O–H groups in total. The Kier molecular flexibility index (Phi) is 2.81. The first-order chi connectivity index (χ1) is 7.61. The molecule has 16 heavy (non-hydrogen) atoms. The van der Waals surface area contributed by atoms with Crippen molar-refractivity contribution in [2.45, 2.75) is 25.8 Å². The molecule has 2 rings (SSSR count). The van der Waals surface area contributed by atoms with Gasteiger partial charge in [0.25, 0.3) is 5.91 Å². The van der Waals surface area contributed by atoms with E-state index in [2.05, 4.69) is 11.9 Å². The number of nitrogens with two attached hydrogens (primary N) is 1. The normalized spacial score (nSPS) is 16.9. The number of amides is 1. The minimum atomic E-state index is -0.0370. The van der Waals surface area contributed by atoms with Crippen LogP contribution in [0.2, 0.25) is 0 Å². The summed E-state index contributed by atoms with van der Waals surface area (Å²) in [7, 11) is 1.83. The highest BCUT2D eigenvalue weighted by molar-refractivity contribution is 5.98. The molecule has 0 bridgehead atoms. The first kappa shape index (κ1) is 10.9. The van der Waals surface area contributed by atoms with Crippen LogP contribution in [-0.4, -0.2) is 28.9 Å². The van der Waals surface area contributed by atoms with E-state index < -0.39 is 0 Å². The van der Waals surface area contributed by atoms with Crippen molar-refractivity contribution < 1.29 is 4.79 Å². The molecule has 4 heteroatoms. The fraction of sp³-hybridized carbons (Fsp3) is 0.500. The molecule has 86 valence electrons. The van der Waals surface area contributed by atoms with Gasteiger partial charge in [-0.1, -0.05) is 0 Å². The van der Waals surface area contributed by atoms with Gasteiger partial charge in [-0.2, -0.15) is 0 Å². The summed E-state index contributed by atoms with van der Waals surface area (Å²) in [5, 5.41) is 0. The van der Waals surface area contributed by atoms with Gasteiger partial charge in [0.1, 0.15) is 0 Å². The smallest absolute Gasteiger partial charge is 0.257 e. The fourth-order valence-electron chi connectivity index (χ4n) is 1.85. The predicted octanol–water partition coefficient (Wildman–Crippen LogP) is 1.53. The number of carbonyl (C=O) groups excluding carboxylic acids is 1. The Bertz CT molecular complexity index is 401. The molecule has 1 aliphatic rings. The van der Waals surface area contributed by atoms with Gasteiger partial charge in [-0.3, -0.25) is 9.78 Å². The van der Waals surface area contributed by atoms with Crippen LogP contribution in [0.5, 0.6) is 0 Å². The standard InChI is InChI=1S/C12H17N3O/c1-8(9-3-4-9)15(2)12(16)10-7-14-6-5-11(10)13/h5-9H,3-4H2,1-2H3,(H2,13,14). The second kappa shape index (κ2) is 4.12. The lowest BCUT2D eigenvalue weighted by atomic mass is 10.1. The molecule has 0 spiro atoms. The highest BCUT2D eigenvalue weighted by Crippen LogP contribution is 2.35. The van der Waals surface area contributed by atoms with Gasteiger partial charge in [-0.15, -0.1) is 0 Å². The van der Waals surface area contributed by atoms with E-state index in [1.807, 2.05) is 7.05 Å². The zero-order valence-electron chi connectivity index (χ0n) is 9.68. The SMILES string of the molecule is CC(C1CC1)N(C)C(=O)c1cnccc1N. The molecule has 1 amide bonds. The third kappa shape index (κ3) is 2.01. The molecule has 1 heterocycles. The zero-order chi connectivity index (χ0) is 11.7. The average molecular weight is 219 g/mol. The lowest BCUT2D eigenvalue weighted by Crippen LogP contribution is -2.36. The summed E-state index contributed by atoms with van der Waals surface area (Å²) in [5.41, 5.74) is 6.76. The van der Waals surface area contributed by atoms with E-state index >= 15 is 0 Å². The molecule has 0 aromatic carbocycles. The summed E-state index contributed by atoms with van der Waals surface area (Å²) in [6, 6.07) is 1.94. The maximum absolute atomic E-state index is 12.1. The van der Waals surface area contributed by atoms with E-state index in [1.165, 1.54) is 19.0 Å². The number of nitrogen functional groups attached to an aromatic ring is 1. The van der Waals surface area contributed by atoms with Crippen molar-refractivity contribution in [2.24, 2.45) is 5.92 Å². The van der Waals surface area contributed by atoms with E-state index in [9.17, 15) is 4.79 Å². The summed E-state index contributed by atoms with van der Waals surface area (Å²) >= 11 is 0. The molecule has 1 unspecified atom stereocenters. The van der Waals surface area contributed by atoms with Gasteiger partial charge < -0.3 is 10.6 Å². The van der Waals surface area contributed by atoms with Crippen molar-refractivity contribution in [3.63, 3.8) is 0 Å². The van der Waals surface area contributed by atoms with E-state index in [-0.39, 0.29) is 11.9 Å². The maximum Gasteiger partial charge on any atom is 0.257 e. The van der Waals surface area contributed by atoms with Crippen molar-refractivity contribution in [3.8, 4) is 0 Å². The molecule has 0 aliphatic heterocycles. The number of hydrogen-bond donors (Lipinski definition) is 1. The maximum atomic E-state index is 12.1. The second-order valence-corrected chi connectivity index (χ2v) is 4.46. The van der Waals surface area contributed by atoms with Crippen molar-refractivity contribution in [2.75, 3.05) is 12.8 Å². The van der Waals surface area contributed by atoms with Crippen LogP contribution in [0.15, 0.2) is 18.5 Å². The van der Waals surface area contributed by atoms with Crippen LogP contribution in [0, 0.1) is 5.92 Å². The largest absolute Gasteiger partial charge is 0.398 e. The highest BCUT2D eigenvalue weighted by Gasteiger charge is 2.33. The summed E-state index contributed by atoms with van der Waals surface area (Å²) in [6.45, 7) is 2.09. The lowest BCUT2D eigenvalue weighted by molar-refractivity contribution is 0.0728. The third-order valence-electron chi connectivity index (χ3n) is 3.32. The van der Waals surface area contributed by atoms with Crippen LogP contribution in [-0.2, 0) is 0 Å². The zero-order valence-corrected chi connectivity index (χ0v) is 9.68. The fourth-order valence-corrected chi connectivity index (χ4v) is 1.85. The Hall–Kier alpha value is -1.58. The predicted molar refractivity (Wildman–Crippen MR) is 62.9 cm³/mol. The summed E-state index contributed by atoms with van der Waals surface area (Å²) < 4.78 is 0. The monoisotopic (exact) mass is 219 g/mol.